The van der Waals surface area contributed by atoms with E-state index in [0.717, 1.165) is 20.1 Å². The van der Waals surface area contributed by atoms with Crippen molar-refractivity contribution in [2.45, 2.75) is 0 Å². The van der Waals surface area contributed by atoms with Gasteiger partial charge in [0.2, 0.25) is 0 Å². The smallest absolute Gasteiger partial charge is 0.253 e. The van der Waals surface area contributed by atoms with Gasteiger partial charge in [0.1, 0.15) is 12.4 Å². The van der Waals surface area contributed by atoms with Crippen molar-refractivity contribution in [1.82, 2.24) is 5.32 Å². The van der Waals surface area contributed by atoms with Crippen molar-refractivity contribution in [2.24, 2.45) is 0 Å². The van der Waals surface area contributed by atoms with Gasteiger partial charge in [0.25, 0.3) is 5.91 Å². The molecule has 0 aliphatic rings. The van der Waals surface area contributed by atoms with E-state index >= 15 is 0 Å². The molecule has 3 aromatic carbocycles. The van der Waals surface area contributed by atoms with Crippen LogP contribution in [0.15, 0.2) is 66.7 Å². The molecular weight excluding hydrogens is 425 g/mol. The minimum absolute atomic E-state index is 0.116. The number of benzene rings is 3. The normalized spacial score (nSPS) is 9.96. The van der Waals surface area contributed by atoms with Crippen LogP contribution in [0.4, 0.5) is 0 Å². The van der Waals surface area contributed by atoms with Crippen molar-refractivity contribution in [3.05, 3.63) is 75.9 Å². The number of fused-ring (bicyclic) bond motifs is 1. The van der Waals surface area contributed by atoms with E-state index in [1.807, 2.05) is 60.7 Å². The van der Waals surface area contributed by atoms with Crippen molar-refractivity contribution in [1.29, 1.82) is 0 Å². The summed E-state index contributed by atoms with van der Waals surface area (Å²) in [5.41, 5.74) is 0.664. The lowest BCUT2D eigenvalue weighted by molar-refractivity contribution is 0.0958. The number of hydrogen-bond acceptors (Lipinski definition) is 2. The fraction of sp³-hybridized carbons (Fsp3) is 0.0952. The first-order valence-corrected chi connectivity index (χ1v) is 8.92. The van der Waals surface area contributed by atoms with E-state index in [0.29, 0.717) is 12.1 Å². The van der Waals surface area contributed by atoms with Crippen LogP contribution in [0.1, 0.15) is 10.4 Å². The van der Waals surface area contributed by atoms with Crippen LogP contribution in [0, 0.1) is 15.4 Å². The van der Waals surface area contributed by atoms with Gasteiger partial charge in [-0.2, -0.15) is 0 Å². The van der Waals surface area contributed by atoms with Crippen LogP contribution in [0.25, 0.3) is 10.8 Å². The molecule has 3 aromatic rings. The molecule has 0 unspecified atom stereocenters. The molecule has 0 heterocycles. The van der Waals surface area contributed by atoms with E-state index in [2.05, 4.69) is 39.7 Å². The molecule has 0 saturated carbocycles. The molecule has 0 aromatic heterocycles. The minimum atomic E-state index is -0.116. The number of ether oxygens (including phenoxy) is 1. The monoisotopic (exact) mass is 441 g/mol. The summed E-state index contributed by atoms with van der Waals surface area (Å²) in [5, 5.41) is 5.00. The molecule has 124 valence electrons. The molecule has 3 rings (SSSR count). The summed E-state index contributed by atoms with van der Waals surface area (Å²) in [5.74, 6) is 6.54. The summed E-state index contributed by atoms with van der Waals surface area (Å²) in [6.45, 7) is 0.579. The highest BCUT2D eigenvalue weighted by atomic mass is 127. The topological polar surface area (TPSA) is 38.3 Å². The van der Waals surface area contributed by atoms with Gasteiger partial charge in [-0.05, 0) is 46.2 Å². The van der Waals surface area contributed by atoms with Gasteiger partial charge < -0.3 is 10.1 Å². The summed E-state index contributed by atoms with van der Waals surface area (Å²) in [6.07, 6.45) is 0. The van der Waals surface area contributed by atoms with Crippen molar-refractivity contribution in [3.8, 4) is 17.6 Å². The second-order valence-corrected chi connectivity index (χ2v) is 6.44. The summed E-state index contributed by atoms with van der Waals surface area (Å²) < 4.78 is 6.66. The minimum Gasteiger partial charge on any atom is -0.480 e. The van der Waals surface area contributed by atoms with Crippen LogP contribution < -0.4 is 10.1 Å². The van der Waals surface area contributed by atoms with E-state index in [9.17, 15) is 4.79 Å². The molecule has 0 atom stereocenters. The number of halogens is 1. The fourth-order valence-electron chi connectivity index (χ4n) is 2.41. The Hall–Kier alpha value is -2.52. The number of carbonyl (C=O) groups is 1. The number of rotatable bonds is 4. The fourth-order valence-corrected chi connectivity index (χ4v) is 3.05. The zero-order valence-corrected chi connectivity index (χ0v) is 15.6. The van der Waals surface area contributed by atoms with E-state index in [-0.39, 0.29) is 12.5 Å². The van der Waals surface area contributed by atoms with Crippen LogP contribution in [-0.2, 0) is 0 Å². The molecule has 4 heteroatoms. The van der Waals surface area contributed by atoms with Crippen molar-refractivity contribution >= 4 is 39.3 Å². The Labute approximate surface area is 160 Å². The molecule has 0 fully saturated rings. The third kappa shape index (κ3) is 4.52. The Bertz CT molecular complexity index is 951. The van der Waals surface area contributed by atoms with Crippen molar-refractivity contribution < 1.29 is 9.53 Å². The predicted octanol–water partition coefficient (Wildman–Crippen LogP) is 4.26. The van der Waals surface area contributed by atoms with Gasteiger partial charge in [0.15, 0.2) is 0 Å². The highest BCUT2D eigenvalue weighted by Crippen LogP contribution is 2.24. The quantitative estimate of drug-likeness (QED) is 0.486. The molecule has 0 radical (unpaired) electrons. The van der Waals surface area contributed by atoms with Crippen molar-refractivity contribution in [3.63, 3.8) is 0 Å². The van der Waals surface area contributed by atoms with Crippen LogP contribution >= 0.6 is 22.6 Å². The van der Waals surface area contributed by atoms with Crippen LogP contribution in [0.2, 0.25) is 0 Å². The zero-order chi connectivity index (χ0) is 17.5. The lowest BCUT2D eigenvalue weighted by atomic mass is 10.1. The van der Waals surface area contributed by atoms with E-state index < -0.39 is 0 Å². The van der Waals surface area contributed by atoms with Gasteiger partial charge in [0, 0.05) is 8.96 Å². The lowest BCUT2D eigenvalue weighted by Crippen LogP contribution is -2.24. The largest absolute Gasteiger partial charge is 0.480 e. The summed E-state index contributed by atoms with van der Waals surface area (Å²) in [7, 11) is 0. The van der Waals surface area contributed by atoms with Gasteiger partial charge >= 0.3 is 0 Å². The molecule has 1 amide bonds. The molecular formula is C21H16INO2. The third-order valence-electron chi connectivity index (χ3n) is 3.63. The Morgan fingerprint density at radius 3 is 2.60 bits per heavy atom. The third-order valence-corrected chi connectivity index (χ3v) is 4.57. The molecule has 0 aliphatic heterocycles. The van der Waals surface area contributed by atoms with E-state index in [1.54, 1.807) is 6.07 Å². The maximum absolute atomic E-state index is 12.1. The Morgan fingerprint density at radius 1 is 0.960 bits per heavy atom. The second-order valence-electron chi connectivity index (χ2n) is 5.28. The Kier molecular flexibility index (Phi) is 5.91. The average Bonchev–Trinajstić information content (AvgIpc) is 2.65. The molecule has 0 spiro atoms. The lowest BCUT2D eigenvalue weighted by Gasteiger charge is -2.06. The molecule has 0 saturated heterocycles. The highest BCUT2D eigenvalue weighted by Gasteiger charge is 2.07. The van der Waals surface area contributed by atoms with Gasteiger partial charge in [-0.15, -0.1) is 0 Å². The van der Waals surface area contributed by atoms with Crippen LogP contribution in [-0.4, -0.2) is 19.1 Å². The highest BCUT2D eigenvalue weighted by molar-refractivity contribution is 14.1. The van der Waals surface area contributed by atoms with Crippen LogP contribution in [0.5, 0.6) is 5.75 Å². The SMILES string of the molecule is O=C(NCC#CCOc1cccc2ccccc12)c1ccccc1I. The van der Waals surface area contributed by atoms with Gasteiger partial charge in [-0.1, -0.05) is 60.4 Å². The molecule has 0 bridgehead atoms. The molecule has 1 N–H and O–H groups in total. The number of amides is 1. The maximum Gasteiger partial charge on any atom is 0.253 e. The second kappa shape index (κ2) is 8.54. The Balaban J connectivity index is 1.52. The maximum atomic E-state index is 12.1. The first kappa shape index (κ1) is 17.3. The standard InChI is InChI=1S/C21H16INO2/c22-19-12-4-3-11-18(19)21(24)23-14-5-6-15-25-20-13-7-9-16-8-1-2-10-17(16)20/h1-4,7-13H,14-15H2,(H,23,24). The molecule has 0 aliphatic carbocycles. The zero-order valence-electron chi connectivity index (χ0n) is 13.5. The van der Waals surface area contributed by atoms with Gasteiger partial charge in [-0.25, -0.2) is 0 Å². The number of carbonyl (C=O) groups excluding carboxylic acids is 1. The first-order valence-electron chi connectivity index (χ1n) is 7.85. The number of nitrogens with one attached hydrogen (secondary N) is 1. The summed E-state index contributed by atoms with van der Waals surface area (Å²) in [4.78, 5) is 12.1. The summed E-state index contributed by atoms with van der Waals surface area (Å²) in [6, 6.07) is 21.5. The van der Waals surface area contributed by atoms with E-state index in [4.69, 9.17) is 4.74 Å². The van der Waals surface area contributed by atoms with E-state index in [1.165, 1.54) is 0 Å². The first-order chi connectivity index (χ1) is 12.3. The van der Waals surface area contributed by atoms with Gasteiger partial charge in [-0.3, -0.25) is 4.79 Å². The van der Waals surface area contributed by atoms with Crippen molar-refractivity contribution in [2.75, 3.05) is 13.2 Å². The number of hydrogen-bond donors (Lipinski definition) is 1. The average molecular weight is 441 g/mol. The Morgan fingerprint density at radius 2 is 1.72 bits per heavy atom. The van der Waals surface area contributed by atoms with Crippen LogP contribution in [0.3, 0.4) is 0 Å². The predicted molar refractivity (Wildman–Crippen MR) is 109 cm³/mol. The molecule has 25 heavy (non-hydrogen) atoms. The van der Waals surface area contributed by atoms with Gasteiger partial charge in [0.05, 0.1) is 12.1 Å². The summed E-state index contributed by atoms with van der Waals surface area (Å²) >= 11 is 2.15. The molecule has 3 nitrogen and oxygen atoms in total.